The molecule has 1 amide bonds. The summed E-state index contributed by atoms with van der Waals surface area (Å²) in [6.07, 6.45) is 5.04. The second-order valence-corrected chi connectivity index (χ2v) is 4.13. The Morgan fingerprint density at radius 2 is 2.05 bits per heavy atom. The topological polar surface area (TPSA) is 103 Å². The molecule has 1 aromatic carbocycles. The Morgan fingerprint density at radius 3 is 2.67 bits per heavy atom. The van der Waals surface area contributed by atoms with Crippen molar-refractivity contribution in [2.45, 2.75) is 0 Å². The number of ether oxygens (including phenoxy) is 2. The quantitative estimate of drug-likeness (QED) is 0.355. The van der Waals surface area contributed by atoms with Gasteiger partial charge >= 0.3 is 0 Å². The van der Waals surface area contributed by atoms with Crippen molar-refractivity contribution in [1.29, 1.82) is 0 Å². The summed E-state index contributed by atoms with van der Waals surface area (Å²) in [4.78, 5) is 22.2. The highest BCUT2D eigenvalue weighted by molar-refractivity contribution is 5.95. The molecule has 0 bridgehead atoms. The Morgan fingerprint density at radius 1 is 1.38 bits per heavy atom. The lowest BCUT2D eigenvalue weighted by molar-refractivity contribution is -0.384. The number of carbonyl (C=O) groups excluding carboxylic acids is 1. The number of nitrogens with one attached hydrogen (secondary N) is 2. The molecule has 1 aromatic rings. The van der Waals surface area contributed by atoms with Crippen LogP contribution in [-0.2, 0) is 4.79 Å². The first kappa shape index (κ1) is 14.6. The van der Waals surface area contributed by atoms with Gasteiger partial charge in [-0.25, -0.2) is 0 Å². The number of carbonyl (C=O) groups is 1. The van der Waals surface area contributed by atoms with Gasteiger partial charge in [-0.3, -0.25) is 20.2 Å². The van der Waals surface area contributed by atoms with Crippen molar-refractivity contribution in [2.24, 2.45) is 0 Å². The fraction of sp³-hybridized carbons (Fsp3) is 0.308. The second-order valence-electron chi connectivity index (χ2n) is 4.13. The van der Waals surface area contributed by atoms with Gasteiger partial charge in [0.15, 0.2) is 11.5 Å². The fourth-order valence-corrected chi connectivity index (χ4v) is 1.77. The molecule has 1 aliphatic rings. The summed E-state index contributed by atoms with van der Waals surface area (Å²) < 4.78 is 10.6. The third kappa shape index (κ3) is 3.61. The Balaban J connectivity index is 2.19. The molecule has 8 nitrogen and oxygen atoms in total. The van der Waals surface area contributed by atoms with Crippen molar-refractivity contribution in [2.75, 3.05) is 31.6 Å². The van der Waals surface area contributed by atoms with E-state index in [0.717, 1.165) is 0 Å². The first-order chi connectivity index (χ1) is 10.1. The summed E-state index contributed by atoms with van der Waals surface area (Å²) in [5.74, 6) is 2.53. The normalized spacial score (nSPS) is 12.3. The van der Waals surface area contributed by atoms with Crippen molar-refractivity contribution in [1.82, 2.24) is 5.32 Å². The molecule has 0 saturated carbocycles. The SMILES string of the molecule is C#CCNCC(=O)Nc1cc2c(cc1[N+](=O)[O-])OCCO2. The van der Waals surface area contributed by atoms with Crippen LogP contribution < -0.4 is 20.1 Å². The molecular formula is C13H13N3O5. The van der Waals surface area contributed by atoms with E-state index < -0.39 is 10.8 Å². The molecule has 1 heterocycles. The number of nitrogens with zero attached hydrogens (tertiary/aromatic N) is 1. The van der Waals surface area contributed by atoms with Crippen LogP contribution in [0.4, 0.5) is 11.4 Å². The van der Waals surface area contributed by atoms with E-state index in [1.165, 1.54) is 12.1 Å². The Kier molecular flexibility index (Phi) is 4.58. The van der Waals surface area contributed by atoms with Crippen LogP contribution in [0.25, 0.3) is 0 Å². The maximum Gasteiger partial charge on any atom is 0.296 e. The van der Waals surface area contributed by atoms with Gasteiger partial charge in [0, 0.05) is 6.07 Å². The number of nitro benzene ring substituents is 1. The van der Waals surface area contributed by atoms with Gasteiger partial charge in [0.2, 0.25) is 5.91 Å². The smallest absolute Gasteiger partial charge is 0.296 e. The van der Waals surface area contributed by atoms with Crippen LogP contribution >= 0.6 is 0 Å². The van der Waals surface area contributed by atoms with Gasteiger partial charge in [-0.05, 0) is 0 Å². The van der Waals surface area contributed by atoms with Gasteiger partial charge in [-0.2, -0.15) is 0 Å². The first-order valence-corrected chi connectivity index (χ1v) is 6.14. The number of rotatable bonds is 5. The van der Waals surface area contributed by atoms with Gasteiger partial charge in [0.05, 0.1) is 24.1 Å². The molecule has 0 unspecified atom stereocenters. The lowest BCUT2D eigenvalue weighted by atomic mass is 10.2. The molecule has 8 heteroatoms. The Hall–Kier alpha value is -2.79. The van der Waals surface area contributed by atoms with Crippen LogP contribution in [0.5, 0.6) is 11.5 Å². The number of hydrogen-bond acceptors (Lipinski definition) is 6. The maximum atomic E-state index is 11.7. The highest BCUT2D eigenvalue weighted by Gasteiger charge is 2.23. The molecule has 0 atom stereocenters. The van der Waals surface area contributed by atoms with E-state index in [-0.39, 0.29) is 30.2 Å². The second kappa shape index (κ2) is 6.58. The number of amides is 1. The average Bonchev–Trinajstić information content (AvgIpc) is 2.46. The third-order valence-corrected chi connectivity index (χ3v) is 2.64. The van der Waals surface area contributed by atoms with Crippen molar-refractivity contribution in [3.63, 3.8) is 0 Å². The molecule has 0 radical (unpaired) electrons. The zero-order valence-corrected chi connectivity index (χ0v) is 11.0. The van der Waals surface area contributed by atoms with E-state index in [1.54, 1.807) is 0 Å². The van der Waals surface area contributed by atoms with Crippen LogP contribution in [-0.4, -0.2) is 37.1 Å². The predicted molar refractivity (Wildman–Crippen MR) is 74.4 cm³/mol. The molecule has 2 rings (SSSR count). The zero-order chi connectivity index (χ0) is 15.2. The van der Waals surface area contributed by atoms with Crippen molar-refractivity contribution < 1.29 is 19.2 Å². The molecule has 0 aromatic heterocycles. The minimum absolute atomic E-state index is 0.0458. The fourth-order valence-electron chi connectivity index (χ4n) is 1.77. The van der Waals surface area contributed by atoms with E-state index in [1.807, 2.05) is 0 Å². The summed E-state index contributed by atoms with van der Waals surface area (Å²) in [6, 6.07) is 2.62. The van der Waals surface area contributed by atoms with E-state index >= 15 is 0 Å². The molecule has 0 saturated heterocycles. The molecular weight excluding hydrogens is 278 g/mol. The van der Waals surface area contributed by atoms with Crippen LogP contribution in [0.2, 0.25) is 0 Å². The first-order valence-electron chi connectivity index (χ1n) is 6.14. The molecule has 0 spiro atoms. The minimum atomic E-state index is -0.595. The van der Waals surface area contributed by atoms with Gasteiger partial charge in [-0.1, -0.05) is 5.92 Å². The van der Waals surface area contributed by atoms with E-state index in [0.29, 0.717) is 19.0 Å². The van der Waals surface area contributed by atoms with Gasteiger partial charge in [-0.15, -0.1) is 6.42 Å². The number of hydrogen-bond donors (Lipinski definition) is 2. The highest BCUT2D eigenvalue weighted by Crippen LogP contribution is 2.39. The van der Waals surface area contributed by atoms with Crippen LogP contribution in [0.1, 0.15) is 0 Å². The maximum absolute atomic E-state index is 11.7. The summed E-state index contributed by atoms with van der Waals surface area (Å²) in [5.41, 5.74) is -0.207. The average molecular weight is 291 g/mol. The number of anilines is 1. The Bertz CT molecular complexity index is 609. The number of nitro groups is 1. The van der Waals surface area contributed by atoms with E-state index in [4.69, 9.17) is 15.9 Å². The standard InChI is InChI=1S/C13H13N3O5/c1-2-3-14-8-13(17)15-9-6-11-12(21-5-4-20-11)7-10(9)16(18)19/h1,6-7,14H,3-5,8H2,(H,15,17). The largest absolute Gasteiger partial charge is 0.486 e. The van der Waals surface area contributed by atoms with Crippen LogP contribution in [0.15, 0.2) is 12.1 Å². The Labute approximate surface area is 120 Å². The summed E-state index contributed by atoms with van der Waals surface area (Å²) >= 11 is 0. The lowest BCUT2D eigenvalue weighted by Crippen LogP contribution is -2.28. The monoisotopic (exact) mass is 291 g/mol. The zero-order valence-electron chi connectivity index (χ0n) is 11.0. The van der Waals surface area contributed by atoms with E-state index in [9.17, 15) is 14.9 Å². The van der Waals surface area contributed by atoms with Gasteiger partial charge in [0.25, 0.3) is 5.69 Å². The molecule has 1 aliphatic heterocycles. The lowest BCUT2D eigenvalue weighted by Gasteiger charge is -2.19. The number of benzene rings is 1. The van der Waals surface area contributed by atoms with Crippen molar-refractivity contribution >= 4 is 17.3 Å². The number of terminal acetylenes is 1. The van der Waals surface area contributed by atoms with Gasteiger partial charge in [0.1, 0.15) is 18.9 Å². The summed E-state index contributed by atoms with van der Waals surface area (Å²) in [7, 11) is 0. The molecule has 21 heavy (non-hydrogen) atoms. The van der Waals surface area contributed by atoms with Crippen LogP contribution in [0, 0.1) is 22.5 Å². The van der Waals surface area contributed by atoms with Gasteiger partial charge < -0.3 is 14.8 Å². The molecule has 2 N–H and O–H groups in total. The minimum Gasteiger partial charge on any atom is -0.486 e. The van der Waals surface area contributed by atoms with Crippen LogP contribution in [0.3, 0.4) is 0 Å². The molecule has 0 aliphatic carbocycles. The summed E-state index contributed by atoms with van der Waals surface area (Å²) in [6.45, 7) is 0.861. The van der Waals surface area contributed by atoms with Crippen molar-refractivity contribution in [3.05, 3.63) is 22.2 Å². The predicted octanol–water partition coefficient (Wildman–Crippen LogP) is 0.527. The molecule has 110 valence electrons. The molecule has 0 fully saturated rings. The van der Waals surface area contributed by atoms with E-state index in [2.05, 4.69) is 16.6 Å². The van der Waals surface area contributed by atoms with Crippen molar-refractivity contribution in [3.8, 4) is 23.8 Å². The number of fused-ring (bicyclic) bond motifs is 1. The summed E-state index contributed by atoms with van der Waals surface area (Å²) in [5, 5.41) is 16.2. The highest BCUT2D eigenvalue weighted by atomic mass is 16.6. The third-order valence-electron chi connectivity index (χ3n) is 2.64.